The summed E-state index contributed by atoms with van der Waals surface area (Å²) < 4.78 is 10.5. The highest BCUT2D eigenvalue weighted by atomic mass is 32.1. The number of benzene rings is 1. The van der Waals surface area contributed by atoms with Crippen molar-refractivity contribution in [2.45, 2.75) is 90.2 Å². The first-order valence-electron chi connectivity index (χ1n) is 14.8. The number of aldehydes is 1. The Morgan fingerprint density at radius 2 is 1.82 bits per heavy atom. The SMILES string of the molecule is CCC(NC(=O)C(C)C)C(=O)N1CCC(c2ccc(C=O)c(CCOC)c2)CC1.OCC1CCC(OCS)CC1. The number of hydrogen-bond donors (Lipinski definition) is 3. The van der Waals surface area contributed by atoms with Gasteiger partial charge in [0.2, 0.25) is 11.8 Å². The highest BCUT2D eigenvalue weighted by Gasteiger charge is 2.29. The van der Waals surface area contributed by atoms with Gasteiger partial charge in [-0.25, -0.2) is 0 Å². The Kier molecular flexibility index (Phi) is 15.8. The molecule has 1 saturated carbocycles. The van der Waals surface area contributed by atoms with Crippen molar-refractivity contribution in [2.75, 3.05) is 39.4 Å². The molecule has 2 N–H and O–H groups in total. The van der Waals surface area contributed by atoms with Gasteiger partial charge in [-0.1, -0.05) is 39.0 Å². The number of ether oxygens (including phenoxy) is 2. The lowest BCUT2D eigenvalue weighted by Crippen LogP contribution is -2.51. The molecule has 2 aliphatic rings. The predicted molar refractivity (Wildman–Crippen MR) is 161 cm³/mol. The maximum Gasteiger partial charge on any atom is 0.245 e. The van der Waals surface area contributed by atoms with Crippen LogP contribution in [0.15, 0.2) is 18.2 Å². The Morgan fingerprint density at radius 3 is 2.35 bits per heavy atom. The van der Waals surface area contributed by atoms with E-state index in [1.54, 1.807) is 7.11 Å². The third kappa shape index (κ3) is 10.8. The molecule has 1 unspecified atom stereocenters. The monoisotopic (exact) mass is 578 g/mol. The van der Waals surface area contributed by atoms with E-state index < -0.39 is 6.04 Å². The van der Waals surface area contributed by atoms with E-state index in [9.17, 15) is 14.4 Å². The summed E-state index contributed by atoms with van der Waals surface area (Å²) in [5.74, 6) is 1.20. The minimum absolute atomic E-state index is 0.0111. The van der Waals surface area contributed by atoms with Crippen molar-refractivity contribution in [3.05, 3.63) is 34.9 Å². The number of carbonyl (C=O) groups is 3. The molecule has 2 amide bonds. The summed E-state index contributed by atoms with van der Waals surface area (Å²) in [6.45, 7) is 7.86. The van der Waals surface area contributed by atoms with Crippen molar-refractivity contribution in [1.29, 1.82) is 0 Å². The number of amides is 2. The Bertz CT molecular complexity index is 911. The number of aliphatic hydroxyl groups excluding tert-OH is 1. The van der Waals surface area contributed by atoms with E-state index >= 15 is 0 Å². The maximum absolute atomic E-state index is 12.8. The molecule has 226 valence electrons. The van der Waals surface area contributed by atoms with E-state index in [0.717, 1.165) is 50.4 Å². The van der Waals surface area contributed by atoms with Gasteiger partial charge in [0.05, 0.1) is 18.6 Å². The molecule has 0 bridgehead atoms. The Hall–Kier alpha value is -1.94. The summed E-state index contributed by atoms with van der Waals surface area (Å²) in [6, 6.07) is 5.58. The van der Waals surface area contributed by atoms with Crippen LogP contribution in [0, 0.1) is 11.8 Å². The van der Waals surface area contributed by atoms with E-state index in [-0.39, 0.29) is 17.7 Å². The van der Waals surface area contributed by atoms with Gasteiger partial charge in [0.25, 0.3) is 0 Å². The number of aliphatic hydroxyl groups is 1. The molecule has 1 saturated heterocycles. The lowest BCUT2D eigenvalue weighted by Gasteiger charge is -2.34. The molecular formula is C31H50N2O6S. The second-order valence-corrected chi connectivity index (χ2v) is 11.4. The minimum atomic E-state index is -0.450. The number of rotatable bonds is 12. The normalized spacial score (nSPS) is 20.4. The largest absolute Gasteiger partial charge is 0.396 e. The van der Waals surface area contributed by atoms with E-state index in [1.165, 1.54) is 5.56 Å². The number of piperidine rings is 1. The van der Waals surface area contributed by atoms with Crippen LogP contribution in [-0.2, 0) is 25.5 Å². The molecule has 8 nitrogen and oxygen atoms in total. The van der Waals surface area contributed by atoms with Crippen LogP contribution in [0.25, 0.3) is 0 Å². The van der Waals surface area contributed by atoms with Crippen LogP contribution in [0.3, 0.4) is 0 Å². The second kappa shape index (κ2) is 18.5. The van der Waals surface area contributed by atoms with Gasteiger partial charge in [-0.2, -0.15) is 12.6 Å². The van der Waals surface area contributed by atoms with Crippen molar-refractivity contribution in [3.8, 4) is 0 Å². The van der Waals surface area contributed by atoms with E-state index in [0.29, 0.717) is 68.6 Å². The molecule has 40 heavy (non-hydrogen) atoms. The third-order valence-corrected chi connectivity index (χ3v) is 8.21. The van der Waals surface area contributed by atoms with Gasteiger partial charge in [-0.05, 0) is 74.3 Å². The first-order chi connectivity index (χ1) is 19.3. The number of likely N-dealkylation sites (tertiary alicyclic amines) is 1. The topological polar surface area (TPSA) is 105 Å². The van der Waals surface area contributed by atoms with Crippen molar-refractivity contribution >= 4 is 30.7 Å². The van der Waals surface area contributed by atoms with Crippen LogP contribution in [0.5, 0.6) is 0 Å². The highest BCUT2D eigenvalue weighted by molar-refractivity contribution is 7.80. The summed E-state index contributed by atoms with van der Waals surface area (Å²) in [4.78, 5) is 38.0. The van der Waals surface area contributed by atoms with Crippen LogP contribution in [0.2, 0.25) is 0 Å². The fraction of sp³-hybridized carbons (Fsp3) is 0.710. The Balaban J connectivity index is 0.000000425. The number of hydrogen-bond acceptors (Lipinski definition) is 7. The highest BCUT2D eigenvalue weighted by Crippen LogP contribution is 2.30. The van der Waals surface area contributed by atoms with Gasteiger partial charge in [-0.15, -0.1) is 0 Å². The van der Waals surface area contributed by atoms with Crippen LogP contribution >= 0.6 is 12.6 Å². The van der Waals surface area contributed by atoms with Gasteiger partial charge in [0, 0.05) is 38.3 Å². The number of nitrogens with one attached hydrogen (secondary N) is 1. The first-order valence-corrected chi connectivity index (χ1v) is 15.4. The third-order valence-electron chi connectivity index (χ3n) is 8.06. The molecule has 0 spiro atoms. The maximum atomic E-state index is 12.8. The summed E-state index contributed by atoms with van der Waals surface area (Å²) in [7, 11) is 1.66. The van der Waals surface area contributed by atoms with Gasteiger partial charge in [0.1, 0.15) is 12.3 Å². The molecule has 1 atom stereocenters. The van der Waals surface area contributed by atoms with E-state index in [4.69, 9.17) is 14.6 Å². The zero-order chi connectivity index (χ0) is 29.5. The molecule has 1 aliphatic heterocycles. The summed E-state index contributed by atoms with van der Waals surface area (Å²) in [5, 5.41) is 11.7. The quantitative estimate of drug-likeness (QED) is 0.193. The lowest BCUT2D eigenvalue weighted by atomic mass is 9.87. The first kappa shape index (κ1) is 34.3. The molecule has 1 heterocycles. The molecule has 0 aromatic heterocycles. The van der Waals surface area contributed by atoms with Crippen molar-refractivity contribution < 1.29 is 29.0 Å². The van der Waals surface area contributed by atoms with Gasteiger partial charge in [-0.3, -0.25) is 14.4 Å². The number of nitrogens with zero attached hydrogens (tertiary/aromatic N) is 1. The number of thiol groups is 1. The molecule has 1 aromatic rings. The fourth-order valence-electron chi connectivity index (χ4n) is 5.34. The van der Waals surface area contributed by atoms with Crippen LogP contribution in [-0.4, -0.2) is 79.6 Å². The lowest BCUT2D eigenvalue weighted by molar-refractivity contribution is -0.138. The molecule has 3 rings (SSSR count). The molecule has 1 aromatic carbocycles. The number of carbonyl (C=O) groups excluding carboxylic acids is 3. The van der Waals surface area contributed by atoms with E-state index in [1.807, 2.05) is 37.8 Å². The zero-order valence-electron chi connectivity index (χ0n) is 24.8. The smallest absolute Gasteiger partial charge is 0.245 e. The van der Waals surface area contributed by atoms with Crippen LogP contribution < -0.4 is 5.32 Å². The average molecular weight is 579 g/mol. The predicted octanol–water partition coefficient (Wildman–Crippen LogP) is 4.39. The fourth-order valence-corrected chi connectivity index (χ4v) is 5.55. The average Bonchev–Trinajstić information content (AvgIpc) is 2.99. The van der Waals surface area contributed by atoms with Gasteiger partial charge in [0.15, 0.2) is 0 Å². The van der Waals surface area contributed by atoms with Crippen molar-refractivity contribution in [2.24, 2.45) is 11.8 Å². The minimum Gasteiger partial charge on any atom is -0.396 e. The van der Waals surface area contributed by atoms with Crippen molar-refractivity contribution in [1.82, 2.24) is 10.2 Å². The Labute approximate surface area is 246 Å². The summed E-state index contributed by atoms with van der Waals surface area (Å²) in [6.07, 6.45) is 8.75. The molecule has 2 fully saturated rings. The molecular weight excluding hydrogens is 528 g/mol. The molecule has 0 radical (unpaired) electrons. The van der Waals surface area contributed by atoms with Gasteiger partial charge < -0.3 is 24.8 Å². The van der Waals surface area contributed by atoms with Crippen LogP contribution in [0.4, 0.5) is 0 Å². The summed E-state index contributed by atoms with van der Waals surface area (Å²) >= 11 is 4.00. The zero-order valence-corrected chi connectivity index (χ0v) is 25.7. The molecule has 9 heteroatoms. The standard InChI is InChI=1S/C23H34N2O4.C8H16O2S/c1-5-21(24-22(27)16(2)3)23(28)25-11-8-17(9-12-25)18-6-7-20(15-26)19(14-18)10-13-29-4;9-5-7-1-3-8(4-2-7)10-6-11/h6-7,14-17,21H,5,8-13H2,1-4H3,(H,24,27);7-9,11H,1-6H2. The van der Waals surface area contributed by atoms with Crippen LogP contribution in [0.1, 0.15) is 93.1 Å². The number of methoxy groups -OCH3 is 1. The van der Waals surface area contributed by atoms with Gasteiger partial charge >= 0.3 is 0 Å². The van der Waals surface area contributed by atoms with E-state index in [2.05, 4.69) is 24.0 Å². The van der Waals surface area contributed by atoms with Crippen molar-refractivity contribution in [3.63, 3.8) is 0 Å². The Morgan fingerprint density at radius 1 is 1.15 bits per heavy atom. The summed E-state index contributed by atoms with van der Waals surface area (Å²) in [5.41, 5.74) is 2.94. The second-order valence-electron chi connectivity index (χ2n) is 11.2. The molecule has 1 aliphatic carbocycles.